The minimum atomic E-state index is -0.556. The summed E-state index contributed by atoms with van der Waals surface area (Å²) in [5.74, 6) is 0.808. The number of rotatable bonds is 9. The van der Waals surface area contributed by atoms with E-state index in [2.05, 4.69) is 23.5 Å². The Kier molecular flexibility index (Phi) is 6.81. The van der Waals surface area contributed by atoms with E-state index < -0.39 is 6.10 Å². The van der Waals surface area contributed by atoms with Crippen LogP contribution in [0, 0.1) is 11.3 Å². The van der Waals surface area contributed by atoms with Crippen LogP contribution in [-0.2, 0) is 6.54 Å². The van der Waals surface area contributed by atoms with Gasteiger partial charge in [-0.1, -0.05) is 48.5 Å². The van der Waals surface area contributed by atoms with Crippen LogP contribution in [0.25, 0.3) is 10.8 Å². The number of benzene rings is 3. The summed E-state index contributed by atoms with van der Waals surface area (Å²) >= 11 is 0. The quantitative estimate of drug-likeness (QED) is 0.557. The predicted octanol–water partition coefficient (Wildman–Crippen LogP) is 4.35. The van der Waals surface area contributed by atoms with E-state index in [9.17, 15) is 5.11 Å². The Morgan fingerprint density at radius 1 is 1.00 bits per heavy atom. The average molecular weight is 360 g/mol. The molecule has 3 rings (SSSR count). The van der Waals surface area contributed by atoms with Crippen molar-refractivity contribution >= 4 is 10.8 Å². The Labute approximate surface area is 160 Å². The fraction of sp³-hybridized carbons (Fsp3) is 0.261. The van der Waals surface area contributed by atoms with Gasteiger partial charge in [-0.3, -0.25) is 0 Å². The first-order valence-electron chi connectivity index (χ1n) is 9.22. The monoisotopic (exact) mass is 360 g/mol. The lowest BCUT2D eigenvalue weighted by Crippen LogP contribution is -2.21. The Balaban J connectivity index is 1.50. The van der Waals surface area contributed by atoms with E-state index in [4.69, 9.17) is 10.00 Å². The fourth-order valence-electron chi connectivity index (χ4n) is 2.97. The van der Waals surface area contributed by atoms with Crippen LogP contribution < -0.4 is 10.1 Å². The summed E-state index contributed by atoms with van der Waals surface area (Å²) < 4.78 is 5.66. The average Bonchev–Trinajstić information content (AvgIpc) is 2.71. The highest BCUT2D eigenvalue weighted by atomic mass is 16.5. The number of nitrogens with zero attached hydrogens (tertiary/aromatic N) is 1. The first-order valence-corrected chi connectivity index (χ1v) is 9.22. The second kappa shape index (κ2) is 9.72. The molecule has 3 aromatic rings. The molecule has 0 saturated heterocycles. The van der Waals surface area contributed by atoms with Gasteiger partial charge in [-0.15, -0.1) is 0 Å². The molecule has 4 nitrogen and oxygen atoms in total. The highest BCUT2D eigenvalue weighted by Gasteiger charge is 2.08. The van der Waals surface area contributed by atoms with Crippen LogP contribution in [0.15, 0.2) is 66.7 Å². The number of aliphatic hydroxyl groups is 1. The largest absolute Gasteiger partial charge is 0.494 e. The van der Waals surface area contributed by atoms with Crippen molar-refractivity contribution in [3.8, 4) is 11.8 Å². The second-order valence-electron chi connectivity index (χ2n) is 6.51. The molecule has 0 aliphatic carbocycles. The molecule has 4 heteroatoms. The van der Waals surface area contributed by atoms with E-state index in [0.717, 1.165) is 28.7 Å². The van der Waals surface area contributed by atoms with Crippen LogP contribution in [0.2, 0.25) is 0 Å². The van der Waals surface area contributed by atoms with E-state index in [1.807, 2.05) is 54.6 Å². The first kappa shape index (κ1) is 18.9. The molecule has 0 heterocycles. The molecule has 1 unspecified atom stereocenters. The van der Waals surface area contributed by atoms with Crippen molar-refractivity contribution in [2.45, 2.75) is 25.5 Å². The fourth-order valence-corrected chi connectivity index (χ4v) is 2.97. The van der Waals surface area contributed by atoms with Gasteiger partial charge in [0.2, 0.25) is 0 Å². The van der Waals surface area contributed by atoms with Crippen molar-refractivity contribution in [1.82, 2.24) is 5.32 Å². The number of nitriles is 1. The molecule has 0 bridgehead atoms. The number of hydrogen-bond acceptors (Lipinski definition) is 4. The van der Waals surface area contributed by atoms with E-state index >= 15 is 0 Å². The van der Waals surface area contributed by atoms with Crippen LogP contribution in [0.3, 0.4) is 0 Å². The number of ether oxygens (including phenoxy) is 1. The molecule has 0 aliphatic rings. The SMILES string of the molecule is N#CCCCOc1cccc(CNCC(O)c2ccc3ccccc3c2)c1. The summed E-state index contributed by atoms with van der Waals surface area (Å²) in [5, 5.41) is 24.6. The molecular weight excluding hydrogens is 336 g/mol. The number of nitrogens with one attached hydrogen (secondary N) is 1. The second-order valence-corrected chi connectivity index (χ2v) is 6.51. The van der Waals surface area contributed by atoms with Crippen molar-refractivity contribution in [1.29, 1.82) is 5.26 Å². The van der Waals surface area contributed by atoms with Gasteiger partial charge in [-0.05, 0) is 46.5 Å². The molecule has 0 spiro atoms. The molecule has 0 fully saturated rings. The standard InChI is InChI=1S/C23H24N2O2/c24-12-3-4-13-27-22-9-5-6-18(14-22)16-25-17-23(26)21-11-10-19-7-1-2-8-20(19)15-21/h1-2,5-11,14-15,23,25-26H,3-4,13,16-17H2. The zero-order chi connectivity index (χ0) is 18.9. The Bertz CT molecular complexity index is 917. The molecule has 1 atom stereocenters. The summed E-state index contributed by atoms with van der Waals surface area (Å²) in [4.78, 5) is 0. The number of aliphatic hydroxyl groups excluding tert-OH is 1. The van der Waals surface area contributed by atoms with Crippen molar-refractivity contribution < 1.29 is 9.84 Å². The lowest BCUT2D eigenvalue weighted by Gasteiger charge is -2.14. The lowest BCUT2D eigenvalue weighted by molar-refractivity contribution is 0.174. The van der Waals surface area contributed by atoms with Gasteiger partial charge in [-0.25, -0.2) is 0 Å². The van der Waals surface area contributed by atoms with Gasteiger partial charge in [0, 0.05) is 19.5 Å². The maximum atomic E-state index is 10.5. The molecule has 138 valence electrons. The molecule has 0 amide bonds. The summed E-state index contributed by atoms with van der Waals surface area (Å²) in [6.45, 7) is 1.68. The third-order valence-corrected chi connectivity index (χ3v) is 4.43. The first-order chi connectivity index (χ1) is 13.3. The van der Waals surface area contributed by atoms with Gasteiger partial charge < -0.3 is 15.2 Å². The lowest BCUT2D eigenvalue weighted by atomic mass is 10.0. The van der Waals surface area contributed by atoms with Crippen LogP contribution in [0.5, 0.6) is 5.75 Å². The minimum absolute atomic E-state index is 0.478. The van der Waals surface area contributed by atoms with Gasteiger partial charge in [0.15, 0.2) is 0 Å². The zero-order valence-corrected chi connectivity index (χ0v) is 15.3. The summed E-state index contributed by atoms with van der Waals surface area (Å²) in [6.07, 6.45) is 0.685. The van der Waals surface area contributed by atoms with Gasteiger partial charge in [0.05, 0.1) is 18.8 Å². The number of fused-ring (bicyclic) bond motifs is 1. The molecular formula is C23H24N2O2. The molecule has 2 N–H and O–H groups in total. The van der Waals surface area contributed by atoms with Gasteiger partial charge >= 0.3 is 0 Å². The smallest absolute Gasteiger partial charge is 0.119 e. The molecule has 0 aromatic heterocycles. The molecule has 27 heavy (non-hydrogen) atoms. The number of hydrogen-bond donors (Lipinski definition) is 2. The topological polar surface area (TPSA) is 65.3 Å². The van der Waals surface area contributed by atoms with E-state index in [-0.39, 0.29) is 0 Å². The van der Waals surface area contributed by atoms with Gasteiger partial charge in [-0.2, -0.15) is 5.26 Å². The maximum absolute atomic E-state index is 10.5. The predicted molar refractivity (Wildman–Crippen MR) is 107 cm³/mol. The molecule has 0 aliphatic heterocycles. The normalized spacial score (nSPS) is 11.9. The third kappa shape index (κ3) is 5.55. The zero-order valence-electron chi connectivity index (χ0n) is 15.3. The molecule has 0 saturated carbocycles. The van der Waals surface area contributed by atoms with Crippen LogP contribution >= 0.6 is 0 Å². The van der Waals surface area contributed by atoms with Gasteiger partial charge in [0.25, 0.3) is 0 Å². The van der Waals surface area contributed by atoms with Crippen LogP contribution in [0.4, 0.5) is 0 Å². The summed E-state index contributed by atoms with van der Waals surface area (Å²) in [7, 11) is 0. The van der Waals surface area contributed by atoms with Crippen molar-refractivity contribution in [2.24, 2.45) is 0 Å². The van der Waals surface area contributed by atoms with E-state index in [1.165, 1.54) is 5.39 Å². The van der Waals surface area contributed by atoms with Crippen LogP contribution in [-0.4, -0.2) is 18.3 Å². The highest BCUT2D eigenvalue weighted by molar-refractivity contribution is 5.83. The van der Waals surface area contributed by atoms with Crippen molar-refractivity contribution in [3.05, 3.63) is 77.9 Å². The maximum Gasteiger partial charge on any atom is 0.119 e. The Hall–Kier alpha value is -2.87. The third-order valence-electron chi connectivity index (χ3n) is 4.43. The van der Waals surface area contributed by atoms with Gasteiger partial charge in [0.1, 0.15) is 5.75 Å². The minimum Gasteiger partial charge on any atom is -0.494 e. The summed E-state index contributed by atoms with van der Waals surface area (Å²) in [6, 6.07) is 24.2. The van der Waals surface area contributed by atoms with E-state index in [1.54, 1.807) is 0 Å². The summed E-state index contributed by atoms with van der Waals surface area (Å²) in [5.41, 5.74) is 2.01. The van der Waals surface area contributed by atoms with Crippen LogP contribution in [0.1, 0.15) is 30.1 Å². The Morgan fingerprint density at radius 3 is 2.70 bits per heavy atom. The van der Waals surface area contributed by atoms with Crippen molar-refractivity contribution in [2.75, 3.05) is 13.2 Å². The van der Waals surface area contributed by atoms with Crippen molar-refractivity contribution in [3.63, 3.8) is 0 Å². The number of unbranched alkanes of at least 4 members (excludes halogenated alkanes) is 1. The Morgan fingerprint density at radius 2 is 1.85 bits per heavy atom. The molecule has 0 radical (unpaired) electrons. The highest BCUT2D eigenvalue weighted by Crippen LogP contribution is 2.20. The van der Waals surface area contributed by atoms with E-state index in [0.29, 0.717) is 26.1 Å². The molecule has 3 aromatic carbocycles.